The predicted molar refractivity (Wildman–Crippen MR) is 60.8 cm³/mol. The van der Waals surface area contributed by atoms with E-state index in [4.69, 9.17) is 0 Å². The molecule has 1 unspecified atom stereocenters. The molecule has 0 amide bonds. The zero-order valence-corrected chi connectivity index (χ0v) is 9.35. The fourth-order valence-electron chi connectivity index (χ4n) is 2.54. The molecule has 1 atom stereocenters. The van der Waals surface area contributed by atoms with Crippen LogP contribution >= 0.6 is 0 Å². The Balaban J connectivity index is 2.40. The Morgan fingerprint density at radius 3 is 2.64 bits per heavy atom. The Morgan fingerprint density at radius 2 is 2.07 bits per heavy atom. The normalized spacial score (nSPS) is 26.8. The SMILES string of the molecule is Cc1ccc(C2(C)CCNC2)c(C)c1. The van der Waals surface area contributed by atoms with Gasteiger partial charge < -0.3 is 5.32 Å². The van der Waals surface area contributed by atoms with E-state index in [-0.39, 0.29) is 0 Å². The first-order chi connectivity index (χ1) is 6.62. The first kappa shape index (κ1) is 9.72. The van der Waals surface area contributed by atoms with Gasteiger partial charge in [-0.2, -0.15) is 0 Å². The molecule has 1 aromatic rings. The van der Waals surface area contributed by atoms with Gasteiger partial charge in [-0.05, 0) is 37.9 Å². The minimum Gasteiger partial charge on any atom is -0.316 e. The lowest BCUT2D eigenvalue weighted by atomic mass is 9.79. The van der Waals surface area contributed by atoms with Gasteiger partial charge >= 0.3 is 0 Å². The molecule has 1 aliphatic heterocycles. The topological polar surface area (TPSA) is 12.0 Å². The van der Waals surface area contributed by atoms with Gasteiger partial charge in [0.15, 0.2) is 0 Å². The lowest BCUT2D eigenvalue weighted by molar-refractivity contribution is 0.522. The van der Waals surface area contributed by atoms with Crippen molar-refractivity contribution < 1.29 is 0 Å². The maximum absolute atomic E-state index is 3.45. The van der Waals surface area contributed by atoms with Crippen LogP contribution in [0.2, 0.25) is 0 Å². The minimum absolute atomic E-state index is 0.359. The van der Waals surface area contributed by atoms with Crippen LogP contribution in [0.25, 0.3) is 0 Å². The van der Waals surface area contributed by atoms with E-state index in [1.165, 1.54) is 23.1 Å². The summed E-state index contributed by atoms with van der Waals surface area (Å²) >= 11 is 0. The second-order valence-electron chi connectivity index (χ2n) is 4.81. The van der Waals surface area contributed by atoms with E-state index in [0.29, 0.717) is 5.41 Å². The fourth-order valence-corrected chi connectivity index (χ4v) is 2.54. The van der Waals surface area contributed by atoms with Crippen LogP contribution in [0.4, 0.5) is 0 Å². The number of aryl methyl sites for hydroxylation is 2. The van der Waals surface area contributed by atoms with Crippen LogP contribution in [-0.4, -0.2) is 13.1 Å². The van der Waals surface area contributed by atoms with Crippen LogP contribution in [0.15, 0.2) is 18.2 Å². The molecule has 0 saturated carbocycles. The molecule has 1 nitrogen and oxygen atoms in total. The summed E-state index contributed by atoms with van der Waals surface area (Å²) in [5.74, 6) is 0. The average molecular weight is 189 g/mol. The van der Waals surface area contributed by atoms with Crippen molar-refractivity contribution in [3.05, 3.63) is 34.9 Å². The molecular formula is C13H19N. The van der Waals surface area contributed by atoms with E-state index in [1.54, 1.807) is 0 Å². The molecule has 2 rings (SSSR count). The van der Waals surface area contributed by atoms with Gasteiger partial charge in [0, 0.05) is 12.0 Å². The Labute approximate surface area is 86.5 Å². The van der Waals surface area contributed by atoms with Crippen molar-refractivity contribution in [2.45, 2.75) is 32.6 Å². The zero-order valence-electron chi connectivity index (χ0n) is 9.35. The van der Waals surface area contributed by atoms with Crippen LogP contribution in [0, 0.1) is 13.8 Å². The maximum Gasteiger partial charge on any atom is 0.00642 e. The summed E-state index contributed by atoms with van der Waals surface area (Å²) in [7, 11) is 0. The molecule has 1 aromatic carbocycles. The van der Waals surface area contributed by atoms with Gasteiger partial charge in [0.05, 0.1) is 0 Å². The van der Waals surface area contributed by atoms with Crippen molar-refractivity contribution in [2.75, 3.05) is 13.1 Å². The van der Waals surface area contributed by atoms with E-state index in [1.807, 2.05) is 0 Å². The standard InChI is InChI=1S/C13H19N/c1-10-4-5-12(11(2)8-10)13(3)6-7-14-9-13/h4-5,8,14H,6-7,9H2,1-3H3. The Bertz CT molecular complexity index is 335. The third-order valence-corrected chi connectivity index (χ3v) is 3.40. The first-order valence-electron chi connectivity index (χ1n) is 5.40. The Kier molecular flexibility index (Phi) is 2.36. The van der Waals surface area contributed by atoms with Gasteiger partial charge in [0.2, 0.25) is 0 Å². The monoisotopic (exact) mass is 189 g/mol. The summed E-state index contributed by atoms with van der Waals surface area (Å²) < 4.78 is 0. The highest BCUT2D eigenvalue weighted by Gasteiger charge is 2.31. The van der Waals surface area contributed by atoms with Gasteiger partial charge in [-0.3, -0.25) is 0 Å². The molecule has 0 aliphatic carbocycles. The van der Waals surface area contributed by atoms with E-state index in [2.05, 4.69) is 44.3 Å². The lowest BCUT2D eigenvalue weighted by Gasteiger charge is -2.25. The van der Waals surface area contributed by atoms with Crippen molar-refractivity contribution >= 4 is 0 Å². The smallest absolute Gasteiger partial charge is 0.00642 e. The summed E-state index contributed by atoms with van der Waals surface area (Å²) in [6, 6.07) is 6.82. The number of hydrogen-bond donors (Lipinski definition) is 1. The summed E-state index contributed by atoms with van der Waals surface area (Å²) in [6.45, 7) is 9.03. The summed E-state index contributed by atoms with van der Waals surface area (Å²) in [6.07, 6.45) is 1.26. The molecule has 0 spiro atoms. The summed E-state index contributed by atoms with van der Waals surface area (Å²) in [5, 5.41) is 3.45. The van der Waals surface area contributed by atoms with E-state index in [0.717, 1.165) is 13.1 Å². The predicted octanol–water partition coefficient (Wildman–Crippen LogP) is 2.55. The molecule has 14 heavy (non-hydrogen) atoms. The zero-order chi connectivity index (χ0) is 10.2. The van der Waals surface area contributed by atoms with Gasteiger partial charge in [0.1, 0.15) is 0 Å². The lowest BCUT2D eigenvalue weighted by Crippen LogP contribution is -2.25. The molecule has 1 fully saturated rings. The van der Waals surface area contributed by atoms with Gasteiger partial charge in [-0.25, -0.2) is 0 Å². The van der Waals surface area contributed by atoms with Gasteiger partial charge in [-0.15, -0.1) is 0 Å². The molecule has 1 N–H and O–H groups in total. The Morgan fingerprint density at radius 1 is 1.29 bits per heavy atom. The van der Waals surface area contributed by atoms with Crippen molar-refractivity contribution in [1.82, 2.24) is 5.32 Å². The highest BCUT2D eigenvalue weighted by atomic mass is 14.9. The molecule has 0 aromatic heterocycles. The van der Waals surface area contributed by atoms with Crippen LogP contribution in [0.3, 0.4) is 0 Å². The highest BCUT2D eigenvalue weighted by molar-refractivity contribution is 5.37. The van der Waals surface area contributed by atoms with Crippen LogP contribution in [0.5, 0.6) is 0 Å². The third-order valence-electron chi connectivity index (χ3n) is 3.40. The van der Waals surface area contributed by atoms with Crippen molar-refractivity contribution in [3.63, 3.8) is 0 Å². The highest BCUT2D eigenvalue weighted by Crippen LogP contribution is 2.32. The molecule has 0 radical (unpaired) electrons. The number of benzene rings is 1. The molecule has 1 saturated heterocycles. The minimum atomic E-state index is 0.359. The largest absolute Gasteiger partial charge is 0.316 e. The number of nitrogens with one attached hydrogen (secondary N) is 1. The summed E-state index contributed by atoms with van der Waals surface area (Å²) in [5.41, 5.74) is 4.68. The van der Waals surface area contributed by atoms with Crippen molar-refractivity contribution in [1.29, 1.82) is 0 Å². The van der Waals surface area contributed by atoms with Crippen molar-refractivity contribution in [3.8, 4) is 0 Å². The van der Waals surface area contributed by atoms with Crippen molar-refractivity contribution in [2.24, 2.45) is 0 Å². The van der Waals surface area contributed by atoms with Gasteiger partial charge in [0.25, 0.3) is 0 Å². The van der Waals surface area contributed by atoms with Crippen LogP contribution in [-0.2, 0) is 5.41 Å². The Hall–Kier alpha value is -0.820. The second-order valence-corrected chi connectivity index (χ2v) is 4.81. The number of rotatable bonds is 1. The third kappa shape index (κ3) is 1.57. The number of hydrogen-bond acceptors (Lipinski definition) is 1. The average Bonchev–Trinajstić information content (AvgIpc) is 2.52. The first-order valence-corrected chi connectivity index (χ1v) is 5.40. The second kappa shape index (κ2) is 3.39. The maximum atomic E-state index is 3.45. The molecule has 1 heteroatoms. The molecular weight excluding hydrogens is 170 g/mol. The van der Waals surface area contributed by atoms with E-state index < -0.39 is 0 Å². The molecule has 1 heterocycles. The molecule has 0 bridgehead atoms. The molecule has 1 aliphatic rings. The molecule has 76 valence electrons. The van der Waals surface area contributed by atoms with Crippen LogP contribution in [0.1, 0.15) is 30.0 Å². The van der Waals surface area contributed by atoms with E-state index in [9.17, 15) is 0 Å². The van der Waals surface area contributed by atoms with E-state index >= 15 is 0 Å². The summed E-state index contributed by atoms with van der Waals surface area (Å²) in [4.78, 5) is 0. The van der Waals surface area contributed by atoms with Gasteiger partial charge in [-0.1, -0.05) is 30.7 Å². The quantitative estimate of drug-likeness (QED) is 0.716. The fraction of sp³-hybridized carbons (Fsp3) is 0.538. The van der Waals surface area contributed by atoms with Crippen LogP contribution < -0.4 is 5.32 Å².